The van der Waals surface area contributed by atoms with Gasteiger partial charge < -0.3 is 4.52 Å². The van der Waals surface area contributed by atoms with Crippen LogP contribution in [0.5, 0.6) is 5.75 Å². The maximum absolute atomic E-state index is 5.54. The monoisotopic (exact) mass is 182 g/mol. The van der Waals surface area contributed by atoms with Gasteiger partial charge in [0.25, 0.3) is 0 Å². The second-order valence-corrected chi connectivity index (χ2v) is 4.06. The summed E-state index contributed by atoms with van der Waals surface area (Å²) >= 11 is 0. The summed E-state index contributed by atoms with van der Waals surface area (Å²) in [6.07, 6.45) is 1.15. The summed E-state index contributed by atoms with van der Waals surface area (Å²) in [7, 11) is 0.590. The first-order chi connectivity index (χ1) is 5.79. The van der Waals surface area contributed by atoms with E-state index in [1.807, 2.05) is 30.3 Å². The fourth-order valence-electron chi connectivity index (χ4n) is 0.780. The predicted octanol–water partition coefficient (Wildman–Crippen LogP) is 3.31. The van der Waals surface area contributed by atoms with E-state index in [-0.39, 0.29) is 0 Å². The molecule has 1 rings (SSSR count). The van der Waals surface area contributed by atoms with Crippen molar-refractivity contribution >= 4 is 8.81 Å². The molecule has 0 fully saturated rings. The number of benzene rings is 1. The van der Waals surface area contributed by atoms with Crippen molar-refractivity contribution < 1.29 is 4.52 Å². The fraction of sp³-hybridized carbons (Fsp3) is 0.400. The molecule has 0 saturated heterocycles. The molecule has 66 valence electrons. The zero-order valence-electron chi connectivity index (χ0n) is 7.58. The van der Waals surface area contributed by atoms with Crippen molar-refractivity contribution in [2.45, 2.75) is 13.8 Å². The number of para-hydroxylation sites is 1. The minimum Gasteiger partial charge on any atom is -0.477 e. The molecule has 1 nitrogen and oxygen atoms in total. The molecule has 1 aromatic carbocycles. The lowest BCUT2D eigenvalue weighted by atomic mass is 10.3. The summed E-state index contributed by atoms with van der Waals surface area (Å²) in [5.74, 6) is 1.71. The molecule has 0 heterocycles. The van der Waals surface area contributed by atoms with Crippen LogP contribution in [0.25, 0.3) is 0 Å². The molecule has 0 radical (unpaired) electrons. The molecule has 1 aromatic rings. The van der Waals surface area contributed by atoms with Crippen molar-refractivity contribution in [2.75, 3.05) is 6.16 Å². The molecule has 0 aliphatic heterocycles. The van der Waals surface area contributed by atoms with Gasteiger partial charge in [0.1, 0.15) is 5.75 Å². The average Bonchev–Trinajstić information content (AvgIpc) is 2.05. The van der Waals surface area contributed by atoms with Crippen molar-refractivity contribution in [3.8, 4) is 5.75 Å². The lowest BCUT2D eigenvalue weighted by molar-refractivity contribution is 0.615. The van der Waals surface area contributed by atoms with Gasteiger partial charge in [0.2, 0.25) is 0 Å². The third-order valence-electron chi connectivity index (χ3n) is 1.42. The van der Waals surface area contributed by atoms with E-state index in [0.717, 1.165) is 17.8 Å². The molecule has 0 amide bonds. The van der Waals surface area contributed by atoms with Gasteiger partial charge >= 0.3 is 0 Å². The Kier molecular flexibility index (Phi) is 4.10. The van der Waals surface area contributed by atoms with Crippen molar-refractivity contribution in [2.24, 2.45) is 5.92 Å². The Morgan fingerprint density at radius 1 is 1.25 bits per heavy atom. The van der Waals surface area contributed by atoms with Crippen LogP contribution < -0.4 is 4.52 Å². The maximum Gasteiger partial charge on any atom is 0.122 e. The van der Waals surface area contributed by atoms with Crippen molar-refractivity contribution in [3.05, 3.63) is 30.3 Å². The predicted molar refractivity (Wildman–Crippen MR) is 55.1 cm³/mol. The zero-order chi connectivity index (χ0) is 8.81. The summed E-state index contributed by atoms with van der Waals surface area (Å²) in [6.45, 7) is 4.42. The van der Waals surface area contributed by atoms with Crippen LogP contribution in [0.2, 0.25) is 0 Å². The van der Waals surface area contributed by atoms with E-state index in [0.29, 0.717) is 8.81 Å². The van der Waals surface area contributed by atoms with Crippen LogP contribution in [0.3, 0.4) is 0 Å². The van der Waals surface area contributed by atoms with Crippen LogP contribution in [0.15, 0.2) is 30.3 Å². The van der Waals surface area contributed by atoms with E-state index >= 15 is 0 Å². The topological polar surface area (TPSA) is 9.23 Å². The van der Waals surface area contributed by atoms with Crippen LogP contribution >= 0.6 is 8.81 Å². The van der Waals surface area contributed by atoms with Gasteiger partial charge in [0.05, 0.1) is 8.81 Å². The highest BCUT2D eigenvalue weighted by atomic mass is 31.1. The second-order valence-electron chi connectivity index (χ2n) is 3.16. The van der Waals surface area contributed by atoms with E-state index in [1.165, 1.54) is 0 Å². The Morgan fingerprint density at radius 2 is 1.92 bits per heavy atom. The largest absolute Gasteiger partial charge is 0.477 e. The minimum atomic E-state index is 0.590. The molecule has 2 heteroatoms. The quantitative estimate of drug-likeness (QED) is 0.649. The Labute approximate surface area is 76.0 Å². The summed E-state index contributed by atoms with van der Waals surface area (Å²) in [5.41, 5.74) is 0. The Bertz CT molecular complexity index is 208. The van der Waals surface area contributed by atoms with E-state index in [2.05, 4.69) is 13.8 Å². The van der Waals surface area contributed by atoms with Gasteiger partial charge in [0.15, 0.2) is 0 Å². The molecular weight excluding hydrogens is 167 g/mol. The second kappa shape index (κ2) is 5.16. The van der Waals surface area contributed by atoms with Crippen molar-refractivity contribution in [3.63, 3.8) is 0 Å². The molecule has 0 aromatic heterocycles. The van der Waals surface area contributed by atoms with Gasteiger partial charge in [-0.25, -0.2) is 0 Å². The number of hydrogen-bond donors (Lipinski definition) is 0. The molecule has 12 heavy (non-hydrogen) atoms. The first-order valence-electron chi connectivity index (χ1n) is 4.24. The van der Waals surface area contributed by atoms with Gasteiger partial charge in [0, 0.05) is 6.16 Å². The van der Waals surface area contributed by atoms with Gasteiger partial charge in [-0.3, -0.25) is 0 Å². The number of rotatable bonds is 4. The van der Waals surface area contributed by atoms with Gasteiger partial charge in [-0.15, -0.1) is 0 Å². The third-order valence-corrected chi connectivity index (χ3v) is 2.79. The van der Waals surface area contributed by atoms with Crippen molar-refractivity contribution in [1.82, 2.24) is 0 Å². The minimum absolute atomic E-state index is 0.590. The van der Waals surface area contributed by atoms with Crippen LogP contribution in [-0.4, -0.2) is 6.16 Å². The maximum atomic E-state index is 5.54. The Morgan fingerprint density at radius 3 is 2.50 bits per heavy atom. The van der Waals surface area contributed by atoms with Crippen LogP contribution in [0.4, 0.5) is 0 Å². The van der Waals surface area contributed by atoms with Gasteiger partial charge in [-0.2, -0.15) is 0 Å². The van der Waals surface area contributed by atoms with Crippen LogP contribution in [-0.2, 0) is 0 Å². The summed E-state index contributed by atoms with van der Waals surface area (Å²) in [6, 6.07) is 9.98. The molecule has 0 saturated carbocycles. The normalized spacial score (nSPS) is 11.2. The van der Waals surface area contributed by atoms with Crippen LogP contribution in [0, 0.1) is 5.92 Å². The zero-order valence-corrected chi connectivity index (χ0v) is 8.58. The smallest absolute Gasteiger partial charge is 0.122 e. The molecule has 0 N–H and O–H groups in total. The molecular formula is C10H15OP. The average molecular weight is 182 g/mol. The van der Waals surface area contributed by atoms with Crippen LogP contribution in [0.1, 0.15) is 13.8 Å². The van der Waals surface area contributed by atoms with E-state index in [1.54, 1.807) is 0 Å². The van der Waals surface area contributed by atoms with Gasteiger partial charge in [-0.05, 0) is 18.1 Å². The van der Waals surface area contributed by atoms with E-state index in [9.17, 15) is 0 Å². The van der Waals surface area contributed by atoms with E-state index in [4.69, 9.17) is 4.52 Å². The van der Waals surface area contributed by atoms with Gasteiger partial charge in [-0.1, -0.05) is 32.0 Å². The highest BCUT2D eigenvalue weighted by Gasteiger charge is 1.94. The Balaban J connectivity index is 2.25. The lowest BCUT2D eigenvalue weighted by Crippen LogP contribution is -1.90. The first kappa shape index (κ1) is 9.54. The summed E-state index contributed by atoms with van der Waals surface area (Å²) in [4.78, 5) is 0. The van der Waals surface area contributed by atoms with Crippen molar-refractivity contribution in [1.29, 1.82) is 0 Å². The highest BCUT2D eigenvalue weighted by Crippen LogP contribution is 2.21. The molecule has 0 aliphatic carbocycles. The molecule has 0 aliphatic rings. The number of hydrogen-bond acceptors (Lipinski definition) is 1. The molecule has 0 spiro atoms. The Hall–Kier alpha value is -0.550. The highest BCUT2D eigenvalue weighted by molar-refractivity contribution is 7.32. The molecule has 1 atom stereocenters. The summed E-state index contributed by atoms with van der Waals surface area (Å²) < 4.78 is 5.54. The molecule has 1 unspecified atom stereocenters. The standard InChI is InChI=1S/C10H15OP/c1-9(2)8-12-11-10-6-4-3-5-7-10/h3-7,9,12H,8H2,1-2H3. The fourth-order valence-corrected chi connectivity index (χ4v) is 1.50. The first-order valence-corrected chi connectivity index (χ1v) is 5.35. The SMILES string of the molecule is CC(C)CPOc1ccccc1. The molecule has 0 bridgehead atoms. The lowest BCUT2D eigenvalue weighted by Gasteiger charge is -2.06. The van der Waals surface area contributed by atoms with E-state index < -0.39 is 0 Å². The third kappa shape index (κ3) is 3.73. The summed E-state index contributed by atoms with van der Waals surface area (Å²) in [5, 5.41) is 0.